The molecule has 1 aromatic rings. The molecular formula is C13H23N3OS. The fourth-order valence-electron chi connectivity index (χ4n) is 2.33. The summed E-state index contributed by atoms with van der Waals surface area (Å²) in [5.74, 6) is 2.38. The largest absolute Gasteiger partial charge is 0.337 e. The Morgan fingerprint density at radius 1 is 1.39 bits per heavy atom. The van der Waals surface area contributed by atoms with Crippen LogP contribution in [0.15, 0.2) is 4.52 Å². The van der Waals surface area contributed by atoms with Gasteiger partial charge in [0.1, 0.15) is 0 Å². The molecular weight excluding hydrogens is 246 g/mol. The normalized spacial score (nSPS) is 17.5. The molecule has 0 amide bonds. The smallest absolute Gasteiger partial charge is 0.246 e. The van der Waals surface area contributed by atoms with Crippen molar-refractivity contribution in [2.75, 3.05) is 6.54 Å². The lowest BCUT2D eigenvalue weighted by Crippen LogP contribution is -2.36. The number of hydrogen-bond donors (Lipinski definition) is 1. The first kappa shape index (κ1) is 13.9. The molecule has 2 rings (SSSR count). The van der Waals surface area contributed by atoms with Gasteiger partial charge < -0.3 is 9.84 Å². The van der Waals surface area contributed by atoms with Crippen LogP contribution in [0, 0.1) is 0 Å². The third kappa shape index (κ3) is 3.48. The topological polar surface area (TPSA) is 51.0 Å². The minimum absolute atomic E-state index is 0.238. The van der Waals surface area contributed by atoms with E-state index in [0.29, 0.717) is 5.89 Å². The van der Waals surface area contributed by atoms with Gasteiger partial charge in [0.2, 0.25) is 5.89 Å². The van der Waals surface area contributed by atoms with Gasteiger partial charge in [0.15, 0.2) is 5.82 Å². The van der Waals surface area contributed by atoms with Gasteiger partial charge in [-0.1, -0.05) is 24.9 Å². The summed E-state index contributed by atoms with van der Waals surface area (Å²) >= 11 is 1.97. The Morgan fingerprint density at radius 2 is 2.11 bits per heavy atom. The molecule has 1 heterocycles. The van der Waals surface area contributed by atoms with E-state index < -0.39 is 0 Å². The molecule has 1 aliphatic carbocycles. The van der Waals surface area contributed by atoms with Crippen molar-refractivity contribution in [3.05, 3.63) is 11.7 Å². The van der Waals surface area contributed by atoms with Crippen molar-refractivity contribution in [2.24, 2.45) is 0 Å². The van der Waals surface area contributed by atoms with Crippen LogP contribution in [0.2, 0.25) is 0 Å². The highest BCUT2D eigenvalue weighted by atomic mass is 32.2. The fourth-order valence-corrected chi connectivity index (χ4v) is 3.50. The Kier molecular flexibility index (Phi) is 4.67. The maximum atomic E-state index is 5.36. The Hall–Kier alpha value is -0.550. The van der Waals surface area contributed by atoms with Crippen LogP contribution in [-0.2, 0) is 11.3 Å². The second-order valence-electron chi connectivity index (χ2n) is 5.39. The van der Waals surface area contributed by atoms with Gasteiger partial charge in [-0.25, -0.2) is 0 Å². The van der Waals surface area contributed by atoms with Crippen molar-refractivity contribution in [1.82, 2.24) is 15.5 Å². The molecule has 0 aromatic carbocycles. The zero-order valence-corrected chi connectivity index (χ0v) is 12.3. The van der Waals surface area contributed by atoms with Crippen molar-refractivity contribution in [3.8, 4) is 0 Å². The molecule has 1 N–H and O–H groups in total. The zero-order chi connectivity index (χ0) is 13.0. The zero-order valence-electron chi connectivity index (χ0n) is 11.5. The van der Waals surface area contributed by atoms with Crippen LogP contribution in [0.4, 0.5) is 0 Å². The molecule has 1 aliphatic rings. The van der Waals surface area contributed by atoms with E-state index in [1.807, 2.05) is 11.8 Å². The van der Waals surface area contributed by atoms with Gasteiger partial charge in [-0.15, -0.1) is 0 Å². The van der Waals surface area contributed by atoms with E-state index in [2.05, 4.69) is 36.2 Å². The highest BCUT2D eigenvalue weighted by Gasteiger charge is 2.26. The molecule has 1 fully saturated rings. The molecule has 0 atom stereocenters. The van der Waals surface area contributed by atoms with Gasteiger partial charge in [-0.05, 0) is 33.2 Å². The van der Waals surface area contributed by atoms with E-state index in [0.717, 1.165) is 23.4 Å². The highest BCUT2D eigenvalue weighted by molar-refractivity contribution is 7.99. The Morgan fingerprint density at radius 3 is 2.78 bits per heavy atom. The monoisotopic (exact) mass is 269 g/mol. The van der Waals surface area contributed by atoms with Crippen LogP contribution < -0.4 is 5.32 Å². The van der Waals surface area contributed by atoms with Crippen molar-refractivity contribution in [3.63, 3.8) is 0 Å². The first-order chi connectivity index (χ1) is 8.62. The van der Waals surface area contributed by atoms with Crippen LogP contribution in [0.25, 0.3) is 0 Å². The standard InChI is InChI=1S/C13H23N3OS/c1-4-14-13(2,3)12-15-11(16-17-12)9-18-10-7-5-6-8-10/h10,14H,4-9H2,1-3H3. The summed E-state index contributed by atoms with van der Waals surface area (Å²) in [6.45, 7) is 7.10. The Labute approximate surface area is 113 Å². The summed E-state index contributed by atoms with van der Waals surface area (Å²) < 4.78 is 5.36. The minimum atomic E-state index is -0.238. The van der Waals surface area contributed by atoms with Gasteiger partial charge in [0.05, 0.1) is 11.3 Å². The van der Waals surface area contributed by atoms with Crippen LogP contribution in [0.1, 0.15) is 58.2 Å². The number of hydrogen-bond acceptors (Lipinski definition) is 5. The molecule has 102 valence electrons. The summed E-state index contributed by atoms with van der Waals surface area (Å²) in [6, 6.07) is 0. The predicted octanol–water partition coefficient (Wildman–Crippen LogP) is 3.09. The fraction of sp³-hybridized carbons (Fsp3) is 0.846. The number of nitrogens with zero attached hydrogens (tertiary/aromatic N) is 2. The van der Waals surface area contributed by atoms with Crippen molar-refractivity contribution < 1.29 is 4.52 Å². The van der Waals surface area contributed by atoms with E-state index in [9.17, 15) is 0 Å². The molecule has 0 bridgehead atoms. The van der Waals surface area contributed by atoms with E-state index in [1.165, 1.54) is 25.7 Å². The van der Waals surface area contributed by atoms with E-state index in [1.54, 1.807) is 0 Å². The molecule has 1 saturated carbocycles. The van der Waals surface area contributed by atoms with Crippen molar-refractivity contribution in [2.45, 2.75) is 63.0 Å². The first-order valence-corrected chi connectivity index (χ1v) is 7.86. The van der Waals surface area contributed by atoms with E-state index >= 15 is 0 Å². The second-order valence-corrected chi connectivity index (χ2v) is 6.68. The number of rotatable bonds is 6. The lowest BCUT2D eigenvalue weighted by Gasteiger charge is -2.20. The molecule has 0 unspecified atom stereocenters. The third-order valence-corrected chi connectivity index (χ3v) is 4.74. The molecule has 0 spiro atoms. The maximum absolute atomic E-state index is 5.36. The average molecular weight is 269 g/mol. The summed E-state index contributed by atoms with van der Waals surface area (Å²) in [7, 11) is 0. The summed E-state index contributed by atoms with van der Waals surface area (Å²) in [4.78, 5) is 4.50. The summed E-state index contributed by atoms with van der Waals surface area (Å²) in [5, 5.41) is 8.22. The number of thioether (sulfide) groups is 1. The summed E-state index contributed by atoms with van der Waals surface area (Å²) in [5.41, 5.74) is -0.238. The van der Waals surface area contributed by atoms with Crippen LogP contribution in [0.3, 0.4) is 0 Å². The second kappa shape index (κ2) is 6.06. The van der Waals surface area contributed by atoms with Gasteiger partial charge >= 0.3 is 0 Å². The van der Waals surface area contributed by atoms with Gasteiger partial charge in [-0.3, -0.25) is 0 Å². The van der Waals surface area contributed by atoms with Gasteiger partial charge in [0, 0.05) is 5.25 Å². The van der Waals surface area contributed by atoms with Crippen molar-refractivity contribution >= 4 is 11.8 Å². The average Bonchev–Trinajstić information content (AvgIpc) is 2.98. The predicted molar refractivity (Wildman–Crippen MR) is 74.6 cm³/mol. The molecule has 1 aromatic heterocycles. The molecule has 0 saturated heterocycles. The van der Waals surface area contributed by atoms with E-state index in [4.69, 9.17) is 4.52 Å². The number of aromatic nitrogens is 2. The van der Waals surface area contributed by atoms with Crippen LogP contribution >= 0.6 is 11.8 Å². The molecule has 4 nitrogen and oxygen atoms in total. The maximum Gasteiger partial charge on any atom is 0.246 e. The molecule has 0 radical (unpaired) electrons. The summed E-state index contributed by atoms with van der Waals surface area (Å²) in [6.07, 6.45) is 5.45. The molecule has 18 heavy (non-hydrogen) atoms. The number of nitrogens with one attached hydrogen (secondary N) is 1. The third-order valence-electron chi connectivity index (χ3n) is 3.37. The minimum Gasteiger partial charge on any atom is -0.337 e. The van der Waals surface area contributed by atoms with Crippen LogP contribution in [0.5, 0.6) is 0 Å². The Balaban J connectivity index is 1.89. The first-order valence-electron chi connectivity index (χ1n) is 6.81. The highest BCUT2D eigenvalue weighted by Crippen LogP contribution is 2.31. The van der Waals surface area contributed by atoms with Gasteiger partial charge in [0.25, 0.3) is 0 Å². The molecule has 0 aliphatic heterocycles. The SMILES string of the molecule is CCNC(C)(C)c1nc(CSC2CCCC2)no1. The van der Waals surface area contributed by atoms with E-state index in [-0.39, 0.29) is 5.54 Å². The Bertz CT molecular complexity index is 372. The van der Waals surface area contributed by atoms with Crippen molar-refractivity contribution in [1.29, 1.82) is 0 Å². The lowest BCUT2D eigenvalue weighted by molar-refractivity contribution is 0.271. The van der Waals surface area contributed by atoms with Crippen LogP contribution in [-0.4, -0.2) is 21.9 Å². The van der Waals surface area contributed by atoms with Gasteiger partial charge in [-0.2, -0.15) is 16.7 Å². The molecule has 5 heteroatoms. The lowest BCUT2D eigenvalue weighted by atomic mass is 10.1. The quantitative estimate of drug-likeness (QED) is 0.860.